The molecular weight excluding hydrogens is 487 g/mol. The van der Waals surface area contributed by atoms with Crippen molar-refractivity contribution in [1.29, 1.82) is 0 Å². The molecule has 3 heterocycles. The molecule has 0 amide bonds. The largest absolute Gasteiger partial charge is 0.490 e. The average Bonchev–Trinajstić information content (AvgIpc) is 3.11. The molecule has 2 aromatic heterocycles. The summed E-state index contributed by atoms with van der Waals surface area (Å²) in [6.45, 7) is 1.07. The van der Waals surface area contributed by atoms with Crippen molar-refractivity contribution in [3.8, 4) is 0 Å². The van der Waals surface area contributed by atoms with Gasteiger partial charge in [0.2, 0.25) is 0 Å². The van der Waals surface area contributed by atoms with Gasteiger partial charge >= 0.3 is 18.1 Å². The lowest BCUT2D eigenvalue weighted by molar-refractivity contribution is -0.192. The molecule has 0 spiro atoms. The number of aliphatic carboxylic acids is 1. The van der Waals surface area contributed by atoms with E-state index in [1.54, 1.807) is 0 Å². The Bertz CT molecular complexity index is 941. The van der Waals surface area contributed by atoms with E-state index in [2.05, 4.69) is 30.9 Å². The van der Waals surface area contributed by atoms with Crippen molar-refractivity contribution in [2.75, 3.05) is 12.3 Å². The van der Waals surface area contributed by atoms with Gasteiger partial charge in [-0.05, 0) is 15.9 Å². The smallest absolute Gasteiger partial charge is 0.475 e. The summed E-state index contributed by atoms with van der Waals surface area (Å²) >= 11 is 3.25. The predicted molar refractivity (Wildman–Crippen MR) is 93.7 cm³/mol. The molecule has 0 aliphatic carbocycles. The van der Waals surface area contributed by atoms with Gasteiger partial charge in [0.1, 0.15) is 31.2 Å². The number of alkyl halides is 3. The Labute approximate surface area is 173 Å². The van der Waals surface area contributed by atoms with E-state index in [1.165, 1.54) is 17.8 Å². The number of rotatable bonds is 3. The number of carbonyl (C=O) groups excluding carboxylic acids is 1. The number of aliphatic hydroxyl groups excluding tert-OH is 2. The van der Waals surface area contributed by atoms with Crippen LogP contribution in [0.3, 0.4) is 0 Å². The molecule has 1 aliphatic rings. The number of fused-ring (bicyclic) bond motifs is 1. The third kappa shape index (κ3) is 5.13. The average molecular weight is 502 g/mol. The number of hydrogen-bond donors (Lipinski definition) is 4. The molecular formula is C14H15BrF3N5O7. The molecule has 0 bridgehead atoms. The minimum Gasteiger partial charge on any atom is -0.475 e. The number of esters is 1. The van der Waals surface area contributed by atoms with E-state index in [0.29, 0.717) is 15.9 Å². The number of carbonyl (C=O) groups is 2. The molecule has 0 saturated carbocycles. The number of carboxylic acid groups (broad SMARTS) is 1. The third-order valence-corrected chi connectivity index (χ3v) is 4.31. The zero-order valence-corrected chi connectivity index (χ0v) is 16.5. The number of hydrogen-bond acceptors (Lipinski definition) is 10. The van der Waals surface area contributed by atoms with E-state index >= 15 is 0 Å². The molecule has 0 aromatic carbocycles. The summed E-state index contributed by atoms with van der Waals surface area (Å²) in [5, 5.41) is 27.5. The first-order chi connectivity index (χ1) is 13.8. The van der Waals surface area contributed by atoms with E-state index in [4.69, 9.17) is 25.1 Å². The van der Waals surface area contributed by atoms with Crippen molar-refractivity contribution in [3.63, 3.8) is 0 Å². The molecule has 12 nitrogen and oxygen atoms in total. The van der Waals surface area contributed by atoms with E-state index < -0.39 is 42.7 Å². The van der Waals surface area contributed by atoms with Crippen molar-refractivity contribution >= 4 is 44.9 Å². The Morgan fingerprint density at radius 1 is 1.33 bits per heavy atom. The van der Waals surface area contributed by atoms with Crippen LogP contribution in [-0.2, 0) is 19.1 Å². The Balaban J connectivity index is 0.000000396. The lowest BCUT2D eigenvalue weighted by atomic mass is 10.1. The lowest BCUT2D eigenvalue weighted by Gasteiger charge is -2.17. The minimum atomic E-state index is -5.08. The Morgan fingerprint density at radius 2 is 1.93 bits per heavy atom. The first-order valence-corrected chi connectivity index (χ1v) is 8.72. The summed E-state index contributed by atoms with van der Waals surface area (Å²) in [4.78, 5) is 31.9. The molecule has 4 unspecified atom stereocenters. The first-order valence-electron chi connectivity index (χ1n) is 7.93. The molecule has 166 valence electrons. The second-order valence-electron chi connectivity index (χ2n) is 5.83. The van der Waals surface area contributed by atoms with Crippen LogP contribution in [0.5, 0.6) is 0 Å². The number of imidazole rings is 1. The number of aliphatic hydroxyl groups is 2. The number of nitrogen functional groups attached to an aromatic ring is 1. The van der Waals surface area contributed by atoms with Crippen LogP contribution in [0.2, 0.25) is 0 Å². The quantitative estimate of drug-likeness (QED) is 0.327. The lowest BCUT2D eigenvalue weighted by Crippen LogP contribution is -2.34. The van der Waals surface area contributed by atoms with Gasteiger partial charge in [-0.2, -0.15) is 13.2 Å². The SMILES string of the molecule is CC(=O)OCC1OC(n2c(Br)nc3c(N)ncnc32)C(O)C1O.O=C(O)C(F)(F)F. The van der Waals surface area contributed by atoms with Crippen molar-refractivity contribution in [2.45, 2.75) is 37.6 Å². The van der Waals surface area contributed by atoms with Crippen LogP contribution in [0, 0.1) is 0 Å². The standard InChI is InChI=1S/C12H14BrN5O5.C2HF3O2/c1-4(19)22-2-5-7(20)8(21)11(23-5)18-10-6(17-12(18)13)9(14)15-3-16-10;3-2(4,5)1(6)7/h3,5,7-8,11,20-21H,2H2,1H3,(H2,14,15,16);(H,6,7). The second kappa shape index (κ2) is 9.07. The number of carboxylic acids is 1. The fourth-order valence-electron chi connectivity index (χ4n) is 2.40. The van der Waals surface area contributed by atoms with Gasteiger partial charge < -0.3 is 30.5 Å². The molecule has 16 heteroatoms. The highest BCUT2D eigenvalue weighted by atomic mass is 79.9. The number of aromatic nitrogens is 4. The van der Waals surface area contributed by atoms with Crippen LogP contribution in [0.4, 0.5) is 19.0 Å². The van der Waals surface area contributed by atoms with Gasteiger partial charge in [-0.3, -0.25) is 9.36 Å². The highest BCUT2D eigenvalue weighted by Crippen LogP contribution is 2.35. The number of anilines is 1. The summed E-state index contributed by atoms with van der Waals surface area (Å²) in [7, 11) is 0. The molecule has 5 N–H and O–H groups in total. The molecule has 30 heavy (non-hydrogen) atoms. The molecule has 0 radical (unpaired) electrons. The van der Waals surface area contributed by atoms with Gasteiger partial charge in [0, 0.05) is 6.92 Å². The van der Waals surface area contributed by atoms with E-state index in [1.807, 2.05) is 0 Å². The maximum Gasteiger partial charge on any atom is 0.490 e. The molecule has 1 aliphatic heterocycles. The van der Waals surface area contributed by atoms with Crippen molar-refractivity contribution in [3.05, 3.63) is 11.1 Å². The summed E-state index contributed by atoms with van der Waals surface area (Å²) < 4.78 is 44.0. The van der Waals surface area contributed by atoms with Gasteiger partial charge in [-0.25, -0.2) is 19.7 Å². The van der Waals surface area contributed by atoms with Crippen LogP contribution >= 0.6 is 15.9 Å². The molecule has 4 atom stereocenters. The normalized spacial score (nSPS) is 23.7. The fraction of sp³-hybridized carbons (Fsp3) is 0.500. The highest BCUT2D eigenvalue weighted by Gasteiger charge is 2.45. The van der Waals surface area contributed by atoms with Gasteiger partial charge in [0.15, 0.2) is 27.9 Å². The van der Waals surface area contributed by atoms with Gasteiger partial charge in [-0.1, -0.05) is 0 Å². The van der Waals surface area contributed by atoms with Gasteiger partial charge in [0.05, 0.1) is 0 Å². The van der Waals surface area contributed by atoms with Crippen LogP contribution < -0.4 is 5.73 Å². The Hall–Kier alpha value is -2.56. The summed E-state index contributed by atoms with van der Waals surface area (Å²) in [6.07, 6.45) is -8.17. The number of halogens is 4. The Morgan fingerprint density at radius 3 is 2.47 bits per heavy atom. The predicted octanol–water partition coefficient (Wildman–Crippen LogP) is -0.0134. The van der Waals surface area contributed by atoms with Crippen LogP contribution in [0.1, 0.15) is 13.2 Å². The van der Waals surface area contributed by atoms with E-state index in [9.17, 15) is 28.2 Å². The minimum absolute atomic E-state index is 0.175. The third-order valence-electron chi connectivity index (χ3n) is 3.75. The fourth-order valence-corrected chi connectivity index (χ4v) is 2.95. The first kappa shape index (κ1) is 23.7. The maximum absolute atomic E-state index is 10.9. The summed E-state index contributed by atoms with van der Waals surface area (Å²) in [5.74, 6) is -3.08. The summed E-state index contributed by atoms with van der Waals surface area (Å²) in [6, 6.07) is 0. The Kier molecular flexibility index (Phi) is 7.17. The zero-order chi connectivity index (χ0) is 22.8. The number of nitrogens with two attached hydrogens (primary N) is 1. The highest BCUT2D eigenvalue weighted by molar-refractivity contribution is 9.10. The molecule has 2 aromatic rings. The van der Waals surface area contributed by atoms with Crippen molar-refractivity contribution in [1.82, 2.24) is 19.5 Å². The zero-order valence-electron chi connectivity index (χ0n) is 14.9. The van der Waals surface area contributed by atoms with Crippen LogP contribution in [0.25, 0.3) is 11.2 Å². The topological polar surface area (TPSA) is 183 Å². The van der Waals surface area contributed by atoms with Crippen LogP contribution in [-0.4, -0.2) is 77.9 Å². The second-order valence-corrected chi connectivity index (χ2v) is 6.54. The van der Waals surface area contributed by atoms with Crippen LogP contribution in [0.15, 0.2) is 11.1 Å². The monoisotopic (exact) mass is 501 g/mol. The van der Waals surface area contributed by atoms with Gasteiger partial charge in [0.25, 0.3) is 0 Å². The van der Waals surface area contributed by atoms with Crippen molar-refractivity contribution in [2.24, 2.45) is 0 Å². The number of nitrogens with zero attached hydrogens (tertiary/aromatic N) is 4. The van der Waals surface area contributed by atoms with E-state index in [-0.39, 0.29) is 12.4 Å². The van der Waals surface area contributed by atoms with E-state index in [0.717, 1.165) is 0 Å². The van der Waals surface area contributed by atoms with Gasteiger partial charge in [-0.15, -0.1) is 0 Å². The van der Waals surface area contributed by atoms with Crippen molar-refractivity contribution < 1.29 is 47.6 Å². The number of ether oxygens (including phenoxy) is 2. The molecule has 1 saturated heterocycles. The molecule has 3 rings (SSSR count). The molecule has 1 fully saturated rings. The maximum atomic E-state index is 10.9. The summed E-state index contributed by atoms with van der Waals surface area (Å²) in [5.41, 5.74) is 6.43.